The molecule has 0 bridgehead atoms. The zero-order valence-corrected chi connectivity index (χ0v) is 9.64. The van der Waals surface area contributed by atoms with Crippen molar-refractivity contribution in [1.29, 1.82) is 0 Å². The smallest absolute Gasteiger partial charge is 0.166 e. The number of thioether (sulfide) groups is 1. The SMILES string of the molecule is COC(CSc1ccc(C)cc1)OC. The summed E-state index contributed by atoms with van der Waals surface area (Å²) in [5.41, 5.74) is 1.28. The van der Waals surface area contributed by atoms with Gasteiger partial charge in [-0.05, 0) is 19.1 Å². The van der Waals surface area contributed by atoms with Crippen LogP contribution in [0, 0.1) is 6.92 Å². The molecule has 1 aromatic rings. The summed E-state index contributed by atoms with van der Waals surface area (Å²) < 4.78 is 10.2. The number of hydrogen-bond acceptors (Lipinski definition) is 3. The summed E-state index contributed by atoms with van der Waals surface area (Å²) in [5, 5.41) is 0. The molecule has 78 valence electrons. The molecule has 0 saturated heterocycles. The van der Waals surface area contributed by atoms with Crippen LogP contribution in [0.15, 0.2) is 29.2 Å². The standard InChI is InChI=1S/C11H16O2S/c1-9-4-6-10(7-5-9)14-8-11(12-2)13-3/h4-7,11H,8H2,1-3H3. The number of hydrogen-bond donors (Lipinski definition) is 0. The average molecular weight is 212 g/mol. The van der Waals surface area contributed by atoms with Crippen molar-refractivity contribution < 1.29 is 9.47 Å². The van der Waals surface area contributed by atoms with Crippen molar-refractivity contribution in [3.05, 3.63) is 29.8 Å². The molecule has 0 aliphatic rings. The quantitative estimate of drug-likeness (QED) is 0.552. The lowest BCUT2D eigenvalue weighted by Gasteiger charge is -2.12. The first-order valence-electron chi connectivity index (χ1n) is 4.51. The van der Waals surface area contributed by atoms with E-state index in [9.17, 15) is 0 Å². The van der Waals surface area contributed by atoms with Crippen molar-refractivity contribution in [3.63, 3.8) is 0 Å². The highest BCUT2D eigenvalue weighted by atomic mass is 32.2. The Labute approximate surface area is 89.6 Å². The molecule has 0 saturated carbocycles. The van der Waals surface area contributed by atoms with Gasteiger partial charge in [0, 0.05) is 24.9 Å². The average Bonchev–Trinajstić information content (AvgIpc) is 2.22. The summed E-state index contributed by atoms with van der Waals surface area (Å²) in [6, 6.07) is 8.44. The van der Waals surface area contributed by atoms with Crippen LogP contribution in [0.25, 0.3) is 0 Å². The van der Waals surface area contributed by atoms with Gasteiger partial charge in [0.05, 0.1) is 0 Å². The Morgan fingerprint density at radius 2 is 1.71 bits per heavy atom. The van der Waals surface area contributed by atoms with E-state index >= 15 is 0 Å². The molecular formula is C11H16O2S. The van der Waals surface area contributed by atoms with Gasteiger partial charge in [-0.2, -0.15) is 0 Å². The second-order valence-electron chi connectivity index (χ2n) is 3.03. The van der Waals surface area contributed by atoms with E-state index in [1.165, 1.54) is 10.5 Å². The van der Waals surface area contributed by atoms with Crippen LogP contribution in [-0.2, 0) is 9.47 Å². The maximum atomic E-state index is 5.10. The summed E-state index contributed by atoms with van der Waals surface area (Å²) in [5.74, 6) is 0.816. The summed E-state index contributed by atoms with van der Waals surface area (Å²) >= 11 is 1.74. The van der Waals surface area contributed by atoms with E-state index in [0.29, 0.717) is 0 Å². The lowest BCUT2D eigenvalue weighted by Crippen LogP contribution is -2.15. The fourth-order valence-corrected chi connectivity index (χ4v) is 1.96. The van der Waals surface area contributed by atoms with Gasteiger partial charge in [0.15, 0.2) is 6.29 Å². The topological polar surface area (TPSA) is 18.5 Å². The Morgan fingerprint density at radius 1 is 1.14 bits per heavy atom. The summed E-state index contributed by atoms with van der Waals surface area (Å²) in [6.45, 7) is 2.08. The molecule has 0 spiro atoms. The van der Waals surface area contributed by atoms with Crippen molar-refractivity contribution in [3.8, 4) is 0 Å². The van der Waals surface area contributed by atoms with Gasteiger partial charge in [-0.1, -0.05) is 17.7 Å². The predicted molar refractivity (Wildman–Crippen MR) is 59.7 cm³/mol. The molecule has 0 amide bonds. The van der Waals surface area contributed by atoms with Crippen LogP contribution in [0.2, 0.25) is 0 Å². The normalized spacial score (nSPS) is 10.9. The monoisotopic (exact) mass is 212 g/mol. The van der Waals surface area contributed by atoms with E-state index in [4.69, 9.17) is 9.47 Å². The lowest BCUT2D eigenvalue weighted by atomic mass is 10.2. The Morgan fingerprint density at radius 3 is 2.21 bits per heavy atom. The first-order valence-corrected chi connectivity index (χ1v) is 5.50. The van der Waals surface area contributed by atoms with Crippen LogP contribution >= 0.6 is 11.8 Å². The first kappa shape index (κ1) is 11.6. The highest BCUT2D eigenvalue weighted by Crippen LogP contribution is 2.19. The molecule has 2 nitrogen and oxygen atoms in total. The lowest BCUT2D eigenvalue weighted by molar-refractivity contribution is -0.0842. The van der Waals surface area contributed by atoms with Crippen LogP contribution in [0.5, 0.6) is 0 Å². The Balaban J connectivity index is 2.41. The minimum absolute atomic E-state index is 0.124. The molecule has 0 radical (unpaired) electrons. The summed E-state index contributed by atoms with van der Waals surface area (Å²) in [6.07, 6.45) is -0.124. The molecule has 0 heterocycles. The molecule has 0 aliphatic heterocycles. The molecule has 0 fully saturated rings. The van der Waals surface area contributed by atoms with Gasteiger partial charge in [0.25, 0.3) is 0 Å². The Hall–Kier alpha value is -0.510. The zero-order chi connectivity index (χ0) is 10.4. The van der Waals surface area contributed by atoms with Crippen LogP contribution in [-0.4, -0.2) is 26.3 Å². The number of rotatable bonds is 5. The van der Waals surface area contributed by atoms with Crippen LogP contribution in [0.1, 0.15) is 5.56 Å². The van der Waals surface area contributed by atoms with Gasteiger partial charge < -0.3 is 9.47 Å². The van der Waals surface area contributed by atoms with Crippen molar-refractivity contribution in [2.24, 2.45) is 0 Å². The van der Waals surface area contributed by atoms with E-state index in [2.05, 4.69) is 31.2 Å². The van der Waals surface area contributed by atoms with Crippen molar-refractivity contribution in [2.45, 2.75) is 18.1 Å². The van der Waals surface area contributed by atoms with Gasteiger partial charge in [0.2, 0.25) is 0 Å². The fourth-order valence-electron chi connectivity index (χ4n) is 1.03. The third-order valence-corrected chi connectivity index (χ3v) is 2.98. The van der Waals surface area contributed by atoms with E-state index in [1.807, 2.05) is 0 Å². The minimum Gasteiger partial charge on any atom is -0.355 e. The maximum absolute atomic E-state index is 5.10. The summed E-state index contributed by atoms with van der Waals surface area (Å²) in [4.78, 5) is 1.25. The van der Waals surface area contributed by atoms with Crippen LogP contribution in [0.3, 0.4) is 0 Å². The molecule has 0 aliphatic carbocycles. The molecule has 3 heteroatoms. The highest BCUT2D eigenvalue weighted by molar-refractivity contribution is 7.99. The fraction of sp³-hybridized carbons (Fsp3) is 0.455. The van der Waals surface area contributed by atoms with Crippen LogP contribution in [0.4, 0.5) is 0 Å². The van der Waals surface area contributed by atoms with Crippen molar-refractivity contribution in [2.75, 3.05) is 20.0 Å². The maximum Gasteiger partial charge on any atom is 0.166 e. The predicted octanol–water partition coefficient (Wildman–Crippen LogP) is 2.71. The zero-order valence-electron chi connectivity index (χ0n) is 8.82. The first-order chi connectivity index (χ1) is 6.76. The van der Waals surface area contributed by atoms with Gasteiger partial charge in [-0.25, -0.2) is 0 Å². The number of methoxy groups -OCH3 is 2. The molecular weight excluding hydrogens is 196 g/mol. The van der Waals surface area contributed by atoms with Gasteiger partial charge in [0.1, 0.15) is 0 Å². The third-order valence-electron chi connectivity index (χ3n) is 1.93. The van der Waals surface area contributed by atoms with Gasteiger partial charge >= 0.3 is 0 Å². The van der Waals surface area contributed by atoms with E-state index in [1.54, 1.807) is 26.0 Å². The minimum atomic E-state index is -0.124. The third kappa shape index (κ3) is 3.70. The van der Waals surface area contributed by atoms with Crippen molar-refractivity contribution in [1.82, 2.24) is 0 Å². The largest absolute Gasteiger partial charge is 0.355 e. The molecule has 14 heavy (non-hydrogen) atoms. The van der Waals surface area contributed by atoms with E-state index in [-0.39, 0.29) is 6.29 Å². The summed E-state index contributed by atoms with van der Waals surface area (Å²) in [7, 11) is 3.31. The number of aryl methyl sites for hydroxylation is 1. The van der Waals surface area contributed by atoms with Crippen molar-refractivity contribution >= 4 is 11.8 Å². The Bertz CT molecular complexity index is 254. The highest BCUT2D eigenvalue weighted by Gasteiger charge is 2.05. The second kappa shape index (κ2) is 6.06. The molecule has 0 atom stereocenters. The van der Waals surface area contributed by atoms with Gasteiger partial charge in [-0.3, -0.25) is 0 Å². The van der Waals surface area contributed by atoms with Gasteiger partial charge in [-0.15, -0.1) is 11.8 Å². The molecule has 0 aromatic heterocycles. The van der Waals surface area contributed by atoms with E-state index < -0.39 is 0 Å². The molecule has 0 unspecified atom stereocenters. The molecule has 0 N–H and O–H groups in total. The molecule has 1 aromatic carbocycles. The Kier molecular flexibility index (Phi) is 5.01. The molecule has 1 rings (SSSR count). The van der Waals surface area contributed by atoms with E-state index in [0.717, 1.165) is 5.75 Å². The number of benzene rings is 1. The second-order valence-corrected chi connectivity index (χ2v) is 4.12. The van der Waals surface area contributed by atoms with Crippen LogP contribution < -0.4 is 0 Å². The number of ether oxygens (including phenoxy) is 2.